The average molecular weight is 279 g/mol. The largest absolute Gasteiger partial charge is 0.493 e. The van der Waals surface area contributed by atoms with E-state index in [1.54, 1.807) is 6.20 Å². The summed E-state index contributed by atoms with van der Waals surface area (Å²) < 4.78 is 1.51. The lowest BCUT2D eigenvalue weighted by molar-refractivity contribution is 0.426. The third kappa shape index (κ3) is 2.52. The Balaban J connectivity index is 2.16. The molecule has 2 aromatic heterocycles. The van der Waals surface area contributed by atoms with Crippen molar-refractivity contribution in [2.75, 3.05) is 0 Å². The maximum absolute atomic E-state index is 10.5. The fraction of sp³-hybridized carbons (Fsp3) is 0.176. The van der Waals surface area contributed by atoms with Crippen LogP contribution in [0.5, 0.6) is 5.88 Å². The van der Waals surface area contributed by atoms with E-state index < -0.39 is 0 Å². The van der Waals surface area contributed by atoms with Crippen LogP contribution in [0.2, 0.25) is 0 Å². The first kappa shape index (κ1) is 13.4. The fourth-order valence-corrected chi connectivity index (χ4v) is 2.39. The van der Waals surface area contributed by atoms with Crippen LogP contribution in [0.4, 0.5) is 0 Å². The van der Waals surface area contributed by atoms with Gasteiger partial charge in [0, 0.05) is 17.3 Å². The molecule has 0 fully saturated rings. The quantitative estimate of drug-likeness (QED) is 0.794. The second kappa shape index (κ2) is 5.79. The summed E-state index contributed by atoms with van der Waals surface area (Å²) in [4.78, 5) is 4.26. The zero-order chi connectivity index (χ0) is 14.7. The fourth-order valence-electron chi connectivity index (χ4n) is 2.39. The molecular formula is C17H17N3O. The average Bonchev–Trinajstić information content (AvgIpc) is 2.87. The molecule has 0 aliphatic carbocycles. The molecule has 0 atom stereocenters. The summed E-state index contributed by atoms with van der Waals surface area (Å²) in [5.41, 5.74) is 2.70. The summed E-state index contributed by atoms with van der Waals surface area (Å²) in [5.74, 6) is 0.795. The highest BCUT2D eigenvalue weighted by molar-refractivity contribution is 5.66. The molecule has 2 heterocycles. The Morgan fingerprint density at radius 2 is 1.81 bits per heavy atom. The van der Waals surface area contributed by atoms with E-state index in [1.807, 2.05) is 48.5 Å². The zero-order valence-electron chi connectivity index (χ0n) is 11.9. The second-order valence-electron chi connectivity index (χ2n) is 4.87. The number of benzene rings is 1. The molecule has 0 saturated heterocycles. The molecule has 0 spiro atoms. The van der Waals surface area contributed by atoms with Crippen LogP contribution in [0, 0.1) is 0 Å². The Morgan fingerprint density at radius 1 is 1.05 bits per heavy atom. The van der Waals surface area contributed by atoms with Crippen molar-refractivity contribution in [2.24, 2.45) is 0 Å². The van der Waals surface area contributed by atoms with Gasteiger partial charge in [-0.1, -0.05) is 49.7 Å². The van der Waals surface area contributed by atoms with Gasteiger partial charge in [-0.25, -0.2) is 4.98 Å². The minimum Gasteiger partial charge on any atom is -0.493 e. The minimum absolute atomic E-state index is 0.175. The molecule has 4 nitrogen and oxygen atoms in total. The highest BCUT2D eigenvalue weighted by Gasteiger charge is 2.19. The van der Waals surface area contributed by atoms with Gasteiger partial charge in [-0.15, -0.1) is 0 Å². The molecule has 3 aromatic rings. The Bertz CT molecular complexity index is 721. The van der Waals surface area contributed by atoms with E-state index >= 15 is 0 Å². The van der Waals surface area contributed by atoms with Crippen molar-refractivity contribution in [3.63, 3.8) is 0 Å². The molecule has 0 saturated carbocycles. The van der Waals surface area contributed by atoms with Crippen LogP contribution in [-0.2, 0) is 6.42 Å². The molecule has 106 valence electrons. The number of hydrogen-bond donors (Lipinski definition) is 1. The van der Waals surface area contributed by atoms with Crippen molar-refractivity contribution in [2.45, 2.75) is 19.8 Å². The molecule has 0 unspecified atom stereocenters. The van der Waals surface area contributed by atoms with Crippen molar-refractivity contribution >= 4 is 0 Å². The smallest absolute Gasteiger partial charge is 0.219 e. The van der Waals surface area contributed by atoms with Gasteiger partial charge in [-0.2, -0.15) is 9.78 Å². The maximum atomic E-state index is 10.5. The number of aromatic nitrogens is 3. The van der Waals surface area contributed by atoms with E-state index in [0.717, 1.165) is 29.7 Å². The summed E-state index contributed by atoms with van der Waals surface area (Å²) in [7, 11) is 0. The van der Waals surface area contributed by atoms with E-state index in [-0.39, 0.29) is 5.88 Å². The first-order valence-corrected chi connectivity index (χ1v) is 7.09. The van der Waals surface area contributed by atoms with Crippen molar-refractivity contribution < 1.29 is 5.11 Å². The Hall–Kier alpha value is -2.62. The molecule has 0 aliphatic rings. The number of nitrogens with zero attached hydrogens (tertiary/aromatic N) is 3. The zero-order valence-corrected chi connectivity index (χ0v) is 11.9. The standard InChI is InChI=1S/C17H17N3O/c1-2-8-14-16(13-9-4-3-5-10-13)19-20(17(14)21)15-11-6-7-12-18-15/h3-7,9-12,21H,2,8H2,1H3. The second-order valence-corrected chi connectivity index (χ2v) is 4.87. The van der Waals surface area contributed by atoms with Crippen molar-refractivity contribution in [3.8, 4) is 23.0 Å². The molecule has 3 rings (SSSR count). The van der Waals surface area contributed by atoms with Gasteiger partial charge in [-0.3, -0.25) is 0 Å². The molecule has 0 aliphatic heterocycles. The van der Waals surface area contributed by atoms with Crippen LogP contribution < -0.4 is 0 Å². The predicted molar refractivity (Wildman–Crippen MR) is 82.5 cm³/mol. The Kier molecular flexibility index (Phi) is 3.69. The van der Waals surface area contributed by atoms with Crippen LogP contribution >= 0.6 is 0 Å². The van der Waals surface area contributed by atoms with Crippen LogP contribution in [-0.4, -0.2) is 19.9 Å². The van der Waals surface area contributed by atoms with Gasteiger partial charge in [0.1, 0.15) is 0 Å². The summed E-state index contributed by atoms with van der Waals surface area (Å²) in [6.07, 6.45) is 3.42. The van der Waals surface area contributed by atoms with E-state index in [2.05, 4.69) is 17.0 Å². The van der Waals surface area contributed by atoms with E-state index in [9.17, 15) is 5.11 Å². The minimum atomic E-state index is 0.175. The first-order valence-electron chi connectivity index (χ1n) is 7.09. The lowest BCUT2D eigenvalue weighted by Gasteiger charge is -2.01. The number of rotatable bonds is 4. The molecule has 1 aromatic carbocycles. The molecule has 0 amide bonds. The van der Waals surface area contributed by atoms with E-state index in [1.165, 1.54) is 4.68 Å². The lowest BCUT2D eigenvalue weighted by Crippen LogP contribution is -1.98. The molecule has 4 heteroatoms. The van der Waals surface area contributed by atoms with Gasteiger partial charge in [0.05, 0.1) is 5.69 Å². The van der Waals surface area contributed by atoms with Crippen LogP contribution in [0.25, 0.3) is 17.1 Å². The van der Waals surface area contributed by atoms with E-state index in [0.29, 0.717) is 5.82 Å². The van der Waals surface area contributed by atoms with Crippen LogP contribution in [0.3, 0.4) is 0 Å². The first-order chi connectivity index (χ1) is 10.3. The van der Waals surface area contributed by atoms with Crippen molar-refractivity contribution in [1.82, 2.24) is 14.8 Å². The summed E-state index contributed by atoms with van der Waals surface area (Å²) in [6.45, 7) is 2.09. The third-order valence-electron chi connectivity index (χ3n) is 3.37. The lowest BCUT2D eigenvalue weighted by atomic mass is 10.0. The summed E-state index contributed by atoms with van der Waals surface area (Å²) >= 11 is 0. The SMILES string of the molecule is CCCc1c(-c2ccccc2)nn(-c2ccccn2)c1O. The topological polar surface area (TPSA) is 50.9 Å². The molecule has 0 radical (unpaired) electrons. The van der Waals surface area contributed by atoms with Gasteiger partial charge < -0.3 is 5.11 Å². The van der Waals surface area contributed by atoms with Gasteiger partial charge >= 0.3 is 0 Å². The highest BCUT2D eigenvalue weighted by atomic mass is 16.3. The molecule has 21 heavy (non-hydrogen) atoms. The number of hydrogen-bond acceptors (Lipinski definition) is 3. The van der Waals surface area contributed by atoms with Crippen LogP contribution in [0.1, 0.15) is 18.9 Å². The van der Waals surface area contributed by atoms with Gasteiger partial charge in [0.25, 0.3) is 0 Å². The van der Waals surface area contributed by atoms with E-state index in [4.69, 9.17) is 0 Å². The molecule has 0 bridgehead atoms. The van der Waals surface area contributed by atoms with Gasteiger partial charge in [0.2, 0.25) is 5.88 Å². The van der Waals surface area contributed by atoms with Gasteiger partial charge in [-0.05, 0) is 18.6 Å². The highest BCUT2D eigenvalue weighted by Crippen LogP contribution is 2.32. The van der Waals surface area contributed by atoms with Crippen LogP contribution in [0.15, 0.2) is 54.7 Å². The Labute approximate surface area is 123 Å². The number of aromatic hydroxyl groups is 1. The van der Waals surface area contributed by atoms with Gasteiger partial charge in [0.15, 0.2) is 5.82 Å². The molecular weight excluding hydrogens is 262 g/mol. The number of pyridine rings is 1. The predicted octanol–water partition coefficient (Wildman–Crippen LogP) is 3.59. The van der Waals surface area contributed by atoms with Crippen molar-refractivity contribution in [1.29, 1.82) is 0 Å². The maximum Gasteiger partial charge on any atom is 0.219 e. The Morgan fingerprint density at radius 3 is 2.48 bits per heavy atom. The summed E-state index contributed by atoms with van der Waals surface area (Å²) in [5, 5.41) is 15.1. The monoisotopic (exact) mass is 279 g/mol. The summed E-state index contributed by atoms with van der Waals surface area (Å²) in [6, 6.07) is 15.5. The third-order valence-corrected chi connectivity index (χ3v) is 3.37. The normalized spacial score (nSPS) is 10.7. The molecule has 1 N–H and O–H groups in total. The van der Waals surface area contributed by atoms with Crippen molar-refractivity contribution in [3.05, 3.63) is 60.3 Å².